The predicted molar refractivity (Wildman–Crippen MR) is 99.2 cm³/mol. The molecule has 1 aliphatic heterocycles. The van der Waals surface area contributed by atoms with Crippen molar-refractivity contribution in [3.05, 3.63) is 42.6 Å². The molecular formula is C17H19FN8O2. The Labute approximate surface area is 160 Å². The lowest BCUT2D eigenvalue weighted by molar-refractivity contribution is -0.127. The summed E-state index contributed by atoms with van der Waals surface area (Å²) in [5.41, 5.74) is 5.39. The Balaban J connectivity index is 1.79. The number of pyridine rings is 1. The third-order valence-corrected chi connectivity index (χ3v) is 4.13. The minimum Gasteiger partial charge on any atom is -0.364 e. The molecule has 10 nitrogen and oxygen atoms in total. The van der Waals surface area contributed by atoms with Gasteiger partial charge in [-0.1, -0.05) is 6.58 Å². The second-order valence-corrected chi connectivity index (χ2v) is 6.19. The number of nitrogens with zero attached hydrogens (tertiary/aromatic N) is 5. The first-order valence-corrected chi connectivity index (χ1v) is 8.56. The van der Waals surface area contributed by atoms with Crippen LogP contribution in [0.3, 0.4) is 0 Å². The van der Waals surface area contributed by atoms with Gasteiger partial charge in [0.15, 0.2) is 11.5 Å². The van der Waals surface area contributed by atoms with E-state index in [1.807, 2.05) is 0 Å². The van der Waals surface area contributed by atoms with Crippen LogP contribution < -0.4 is 16.4 Å². The number of primary amides is 1. The van der Waals surface area contributed by atoms with Crippen molar-refractivity contribution in [1.82, 2.24) is 25.1 Å². The molecule has 0 aromatic carbocycles. The van der Waals surface area contributed by atoms with E-state index in [-0.39, 0.29) is 35.1 Å². The monoisotopic (exact) mass is 386 g/mol. The van der Waals surface area contributed by atoms with Crippen molar-refractivity contribution in [2.24, 2.45) is 5.73 Å². The molecule has 1 saturated heterocycles. The van der Waals surface area contributed by atoms with Gasteiger partial charge in [0.2, 0.25) is 11.9 Å². The Hall–Kier alpha value is -3.63. The van der Waals surface area contributed by atoms with Gasteiger partial charge in [-0.3, -0.25) is 14.6 Å². The number of rotatable bonds is 6. The topological polar surface area (TPSA) is 139 Å². The van der Waals surface area contributed by atoms with E-state index in [1.54, 1.807) is 4.90 Å². The Morgan fingerprint density at radius 2 is 2.18 bits per heavy atom. The number of likely N-dealkylation sites (tertiary alicyclic amines) is 1. The zero-order valence-corrected chi connectivity index (χ0v) is 14.9. The van der Waals surface area contributed by atoms with E-state index >= 15 is 0 Å². The van der Waals surface area contributed by atoms with E-state index in [4.69, 9.17) is 5.73 Å². The molecule has 1 atom stereocenters. The van der Waals surface area contributed by atoms with Gasteiger partial charge in [-0.25, -0.2) is 4.39 Å². The Morgan fingerprint density at radius 3 is 2.89 bits per heavy atom. The normalized spacial score (nSPS) is 16.3. The number of hydrogen-bond donors (Lipinski definition) is 3. The molecule has 4 N–H and O–H groups in total. The molecule has 146 valence electrons. The summed E-state index contributed by atoms with van der Waals surface area (Å²) in [5, 5.41) is 13.6. The summed E-state index contributed by atoms with van der Waals surface area (Å²) in [6.45, 7) is 4.61. The molecule has 0 aliphatic carbocycles. The molecule has 28 heavy (non-hydrogen) atoms. The summed E-state index contributed by atoms with van der Waals surface area (Å²) in [6.07, 6.45) is 5.30. The third kappa shape index (κ3) is 4.55. The van der Waals surface area contributed by atoms with Gasteiger partial charge in [0, 0.05) is 25.2 Å². The summed E-state index contributed by atoms with van der Waals surface area (Å²) >= 11 is 0. The molecule has 2 amide bonds. The van der Waals surface area contributed by atoms with Crippen molar-refractivity contribution in [2.45, 2.75) is 18.9 Å². The fourth-order valence-electron chi connectivity index (χ4n) is 2.86. The fraction of sp³-hybridized carbons (Fsp3) is 0.294. The van der Waals surface area contributed by atoms with Crippen LogP contribution in [0.5, 0.6) is 0 Å². The van der Waals surface area contributed by atoms with Crippen molar-refractivity contribution in [3.8, 4) is 0 Å². The number of nitrogens with two attached hydrogens (primary N) is 1. The first-order chi connectivity index (χ1) is 13.5. The molecule has 3 rings (SSSR count). The summed E-state index contributed by atoms with van der Waals surface area (Å²) in [7, 11) is 0. The van der Waals surface area contributed by atoms with Crippen LogP contribution >= 0.6 is 0 Å². The second-order valence-electron chi connectivity index (χ2n) is 6.19. The minimum atomic E-state index is -0.834. The second kappa shape index (κ2) is 8.37. The molecule has 1 fully saturated rings. The molecule has 0 radical (unpaired) electrons. The molecule has 3 heterocycles. The number of aromatic nitrogens is 4. The van der Waals surface area contributed by atoms with Crippen LogP contribution in [0.2, 0.25) is 0 Å². The molecule has 11 heteroatoms. The van der Waals surface area contributed by atoms with Crippen molar-refractivity contribution in [2.75, 3.05) is 23.7 Å². The van der Waals surface area contributed by atoms with Crippen molar-refractivity contribution in [1.29, 1.82) is 0 Å². The van der Waals surface area contributed by atoms with Gasteiger partial charge in [0.05, 0.1) is 18.1 Å². The van der Waals surface area contributed by atoms with Gasteiger partial charge in [0.25, 0.3) is 5.91 Å². The van der Waals surface area contributed by atoms with Crippen LogP contribution in [0, 0.1) is 5.82 Å². The lowest BCUT2D eigenvalue weighted by atomic mass is 10.1. The molecule has 2 aromatic heterocycles. The van der Waals surface area contributed by atoms with E-state index in [1.165, 1.54) is 18.3 Å². The van der Waals surface area contributed by atoms with E-state index in [2.05, 4.69) is 37.4 Å². The Morgan fingerprint density at radius 1 is 1.36 bits per heavy atom. The van der Waals surface area contributed by atoms with E-state index < -0.39 is 11.7 Å². The van der Waals surface area contributed by atoms with Gasteiger partial charge in [-0.15, -0.1) is 10.2 Å². The molecule has 0 saturated carbocycles. The zero-order valence-electron chi connectivity index (χ0n) is 14.9. The largest absolute Gasteiger partial charge is 0.364 e. The quantitative estimate of drug-likeness (QED) is 0.621. The number of halogens is 1. The molecule has 1 aliphatic rings. The van der Waals surface area contributed by atoms with Crippen LogP contribution in [0.15, 0.2) is 31.1 Å². The zero-order chi connectivity index (χ0) is 20.1. The standard InChI is InChI=1S/C17H19FN8O2/c1-2-13(27)26-5-3-4-11(9-26)22-17-23-16(14(15(19)28)24-25-17)21-12-6-10(18)7-20-8-12/h2,6-8,11H,1,3-5,9H2,(H2,19,28)(H2,21,22,23,25)/t11-/m1/s1. The van der Waals surface area contributed by atoms with Crippen molar-refractivity contribution in [3.63, 3.8) is 0 Å². The minimum absolute atomic E-state index is 0.0206. The van der Waals surface area contributed by atoms with Crippen LogP contribution in [-0.4, -0.2) is 56.0 Å². The maximum Gasteiger partial charge on any atom is 0.273 e. The highest BCUT2D eigenvalue weighted by Gasteiger charge is 2.23. The number of carbonyl (C=O) groups is 2. The third-order valence-electron chi connectivity index (χ3n) is 4.13. The summed E-state index contributed by atoms with van der Waals surface area (Å²) in [5.74, 6) is -1.36. The highest BCUT2D eigenvalue weighted by molar-refractivity contribution is 5.96. The van der Waals surface area contributed by atoms with Gasteiger partial charge in [-0.2, -0.15) is 4.98 Å². The smallest absolute Gasteiger partial charge is 0.273 e. The van der Waals surface area contributed by atoms with Gasteiger partial charge >= 0.3 is 0 Å². The number of piperidine rings is 1. The SMILES string of the molecule is C=CC(=O)N1CCC[C@@H](Nc2nnc(C(N)=O)c(Nc3cncc(F)c3)n2)C1. The lowest BCUT2D eigenvalue weighted by Gasteiger charge is -2.32. The fourth-order valence-corrected chi connectivity index (χ4v) is 2.86. The maximum atomic E-state index is 13.4. The van der Waals surface area contributed by atoms with Crippen LogP contribution in [0.1, 0.15) is 23.3 Å². The lowest BCUT2D eigenvalue weighted by Crippen LogP contribution is -2.44. The number of amides is 2. The van der Waals surface area contributed by atoms with Crippen LogP contribution in [-0.2, 0) is 4.79 Å². The molecule has 0 bridgehead atoms. The van der Waals surface area contributed by atoms with E-state index in [9.17, 15) is 14.0 Å². The highest BCUT2D eigenvalue weighted by Crippen LogP contribution is 2.20. The molecule has 0 unspecified atom stereocenters. The van der Waals surface area contributed by atoms with Crippen molar-refractivity contribution >= 4 is 29.3 Å². The average Bonchev–Trinajstić information content (AvgIpc) is 2.67. The number of anilines is 3. The Bertz CT molecular complexity index is 906. The maximum absolute atomic E-state index is 13.4. The average molecular weight is 386 g/mol. The number of carbonyl (C=O) groups excluding carboxylic acids is 2. The van der Waals surface area contributed by atoms with Gasteiger partial charge < -0.3 is 21.3 Å². The Kier molecular flexibility index (Phi) is 5.72. The number of hydrogen-bond acceptors (Lipinski definition) is 8. The summed E-state index contributed by atoms with van der Waals surface area (Å²) in [6, 6.07) is 1.09. The summed E-state index contributed by atoms with van der Waals surface area (Å²) < 4.78 is 13.4. The number of nitrogens with one attached hydrogen (secondary N) is 2. The van der Waals surface area contributed by atoms with E-state index in [0.717, 1.165) is 19.0 Å². The van der Waals surface area contributed by atoms with Crippen molar-refractivity contribution < 1.29 is 14.0 Å². The highest BCUT2D eigenvalue weighted by atomic mass is 19.1. The molecule has 2 aromatic rings. The predicted octanol–water partition coefficient (Wildman–Crippen LogP) is 0.837. The first-order valence-electron chi connectivity index (χ1n) is 8.56. The molecular weight excluding hydrogens is 367 g/mol. The van der Waals surface area contributed by atoms with E-state index in [0.29, 0.717) is 13.1 Å². The van der Waals surface area contributed by atoms with Crippen LogP contribution in [0.25, 0.3) is 0 Å². The van der Waals surface area contributed by atoms with Crippen LogP contribution in [0.4, 0.5) is 21.8 Å². The summed E-state index contributed by atoms with van der Waals surface area (Å²) in [4.78, 5) is 33.1. The van der Waals surface area contributed by atoms with Gasteiger partial charge in [0.1, 0.15) is 5.82 Å². The molecule has 0 spiro atoms. The first kappa shape index (κ1) is 19.1. The van der Waals surface area contributed by atoms with Gasteiger partial charge in [-0.05, 0) is 18.9 Å².